The van der Waals surface area contributed by atoms with Crippen LogP contribution in [0.2, 0.25) is 0 Å². The fraction of sp³-hybridized carbons (Fsp3) is 0.269. The summed E-state index contributed by atoms with van der Waals surface area (Å²) in [6.45, 7) is 2.07. The third kappa shape index (κ3) is 2.99. The van der Waals surface area contributed by atoms with E-state index in [0.717, 1.165) is 12.8 Å². The zero-order valence-electron chi connectivity index (χ0n) is 18.0. The van der Waals surface area contributed by atoms with E-state index in [4.69, 9.17) is 10.1 Å². The van der Waals surface area contributed by atoms with Gasteiger partial charge in [-0.2, -0.15) is 14.6 Å². The van der Waals surface area contributed by atoms with Crippen molar-refractivity contribution in [2.75, 3.05) is 0 Å². The molecule has 2 heterocycles. The predicted octanol–water partition coefficient (Wildman–Crippen LogP) is 3.86. The monoisotopic (exact) mass is 438 g/mol. The molecule has 0 saturated heterocycles. The molecular weight excluding hydrogens is 416 g/mol. The molecule has 164 valence electrons. The molecule has 2 aliphatic carbocycles. The van der Waals surface area contributed by atoms with Crippen molar-refractivity contribution >= 4 is 22.5 Å². The molecule has 2 aliphatic rings. The lowest BCUT2D eigenvalue weighted by molar-refractivity contribution is -0.143. The highest BCUT2D eigenvalue weighted by atomic mass is 16.4. The van der Waals surface area contributed by atoms with E-state index in [-0.39, 0.29) is 23.4 Å². The molecule has 1 saturated carbocycles. The number of fused-ring (bicyclic) bond motifs is 5. The Labute approximate surface area is 189 Å². The minimum Gasteiger partial charge on any atom is -0.481 e. The molecular formula is C26H22N4O3. The van der Waals surface area contributed by atoms with Crippen LogP contribution in [0.4, 0.5) is 0 Å². The average molecular weight is 438 g/mol. The molecule has 4 aromatic rings. The number of rotatable bonds is 4. The van der Waals surface area contributed by atoms with Gasteiger partial charge in [0.1, 0.15) is 5.82 Å². The molecule has 2 bridgehead atoms. The third-order valence-corrected chi connectivity index (χ3v) is 7.09. The minimum atomic E-state index is -0.829. The summed E-state index contributed by atoms with van der Waals surface area (Å²) in [5.74, 6) is -1.14. The topological polar surface area (TPSA) is 97.5 Å². The lowest BCUT2D eigenvalue weighted by Gasteiger charge is -2.25. The fourth-order valence-electron chi connectivity index (χ4n) is 5.46. The molecule has 2 aromatic heterocycles. The summed E-state index contributed by atoms with van der Waals surface area (Å²) in [6, 6.07) is 15.2. The molecule has 4 atom stereocenters. The summed E-state index contributed by atoms with van der Waals surface area (Å²) in [6.07, 6.45) is 5.79. The van der Waals surface area contributed by atoms with Crippen molar-refractivity contribution in [1.29, 1.82) is 0 Å². The number of carboxylic acid groups (broad SMARTS) is 1. The number of hydrogen-bond acceptors (Lipinski definition) is 5. The number of hydrogen-bond donors (Lipinski definition) is 1. The van der Waals surface area contributed by atoms with Gasteiger partial charge in [0, 0.05) is 16.9 Å². The van der Waals surface area contributed by atoms with Crippen LogP contribution in [0, 0.1) is 17.8 Å². The van der Waals surface area contributed by atoms with Gasteiger partial charge in [-0.1, -0.05) is 55.5 Å². The van der Waals surface area contributed by atoms with E-state index in [0.29, 0.717) is 27.9 Å². The molecule has 2 aromatic carbocycles. The highest BCUT2D eigenvalue weighted by molar-refractivity contribution is 5.91. The Morgan fingerprint density at radius 3 is 2.58 bits per heavy atom. The molecule has 0 unspecified atom stereocenters. The van der Waals surface area contributed by atoms with Crippen LogP contribution in [0.15, 0.2) is 65.5 Å². The first-order valence-corrected chi connectivity index (χ1v) is 11.3. The standard InChI is InChI=1S/C26H22N4O3/c1-2-14-7-9-15(10-8-14)22-25(31)28-23-18-5-3-4-6-19(18)27-24(30(23)29-22)20-16-11-12-17(13-16)21(20)26(32)33/h3-12,16-17,20-21H,2,13H2,1H3,(H,32,33)/t16-,17-,20-,21+/m0/s1. The smallest absolute Gasteiger partial charge is 0.307 e. The number of benzene rings is 2. The SMILES string of the molecule is CCc1ccc(-c2nn3c([C@@H]4[C@H](C(=O)O)[C@H]5C=C[C@H]4C5)nc4ccccc4c3nc2=O)cc1. The van der Waals surface area contributed by atoms with Crippen LogP contribution >= 0.6 is 0 Å². The molecule has 7 heteroatoms. The molecule has 0 spiro atoms. The zero-order valence-corrected chi connectivity index (χ0v) is 18.0. The van der Waals surface area contributed by atoms with Gasteiger partial charge in [0.15, 0.2) is 11.3 Å². The first-order chi connectivity index (χ1) is 16.0. The molecule has 7 nitrogen and oxygen atoms in total. The van der Waals surface area contributed by atoms with Crippen molar-refractivity contribution in [2.24, 2.45) is 17.8 Å². The number of allylic oxidation sites excluding steroid dienone is 2. The molecule has 1 N–H and O–H groups in total. The van der Waals surface area contributed by atoms with Gasteiger partial charge in [-0.3, -0.25) is 9.59 Å². The summed E-state index contributed by atoms with van der Waals surface area (Å²) in [7, 11) is 0. The lowest BCUT2D eigenvalue weighted by Crippen LogP contribution is -2.29. The van der Waals surface area contributed by atoms with Crippen LogP contribution in [-0.4, -0.2) is 30.7 Å². The second-order valence-electron chi connectivity index (χ2n) is 8.88. The van der Waals surface area contributed by atoms with Gasteiger partial charge in [0.05, 0.1) is 11.4 Å². The Kier molecular flexibility index (Phi) is 4.40. The van der Waals surface area contributed by atoms with Gasteiger partial charge in [0.2, 0.25) is 0 Å². The molecule has 0 aliphatic heterocycles. The fourth-order valence-corrected chi connectivity index (χ4v) is 5.46. The van der Waals surface area contributed by atoms with Crippen molar-refractivity contribution in [3.05, 3.63) is 82.4 Å². The Hall–Kier alpha value is -3.87. The van der Waals surface area contributed by atoms with Crippen molar-refractivity contribution in [1.82, 2.24) is 19.6 Å². The molecule has 6 rings (SSSR count). The van der Waals surface area contributed by atoms with Crippen LogP contribution in [0.1, 0.15) is 30.7 Å². The Morgan fingerprint density at radius 2 is 1.82 bits per heavy atom. The van der Waals surface area contributed by atoms with E-state index in [9.17, 15) is 14.7 Å². The number of para-hydroxylation sites is 1. The normalized spacial score (nSPS) is 23.5. The maximum absolute atomic E-state index is 13.1. The molecule has 1 fully saturated rings. The molecule has 0 amide bonds. The van der Waals surface area contributed by atoms with Gasteiger partial charge < -0.3 is 5.11 Å². The second kappa shape index (κ2) is 7.33. The first kappa shape index (κ1) is 19.8. The van der Waals surface area contributed by atoms with Crippen molar-refractivity contribution in [3.63, 3.8) is 0 Å². The number of nitrogens with zero attached hydrogens (tertiary/aromatic N) is 4. The average Bonchev–Trinajstić information content (AvgIpc) is 3.45. The van der Waals surface area contributed by atoms with Crippen LogP contribution in [0.3, 0.4) is 0 Å². The van der Waals surface area contributed by atoms with Crippen LogP contribution in [-0.2, 0) is 11.2 Å². The number of carboxylic acids is 1. The Morgan fingerprint density at radius 1 is 1.06 bits per heavy atom. The van der Waals surface area contributed by atoms with E-state index in [1.54, 1.807) is 4.52 Å². The molecule has 0 radical (unpaired) electrons. The van der Waals surface area contributed by atoms with Gasteiger partial charge in [-0.05, 0) is 42.4 Å². The summed E-state index contributed by atoms with van der Waals surface area (Å²) in [4.78, 5) is 34.6. The lowest BCUT2D eigenvalue weighted by atomic mass is 9.82. The van der Waals surface area contributed by atoms with E-state index in [2.05, 4.69) is 18.0 Å². The summed E-state index contributed by atoms with van der Waals surface area (Å²) in [5.41, 5.74) is 2.76. The second-order valence-corrected chi connectivity index (χ2v) is 8.88. The largest absolute Gasteiger partial charge is 0.481 e. The van der Waals surface area contributed by atoms with E-state index < -0.39 is 17.4 Å². The quantitative estimate of drug-likeness (QED) is 0.384. The van der Waals surface area contributed by atoms with E-state index >= 15 is 0 Å². The van der Waals surface area contributed by atoms with Crippen LogP contribution in [0.5, 0.6) is 0 Å². The van der Waals surface area contributed by atoms with Gasteiger partial charge in [-0.25, -0.2) is 4.98 Å². The minimum absolute atomic E-state index is 0.0192. The number of aromatic nitrogens is 4. The Balaban J connectivity index is 1.64. The maximum Gasteiger partial charge on any atom is 0.307 e. The van der Waals surface area contributed by atoms with E-state index in [1.807, 2.05) is 54.6 Å². The third-order valence-electron chi connectivity index (χ3n) is 7.09. The maximum atomic E-state index is 13.1. The van der Waals surface area contributed by atoms with Gasteiger partial charge in [-0.15, -0.1) is 0 Å². The summed E-state index contributed by atoms with van der Waals surface area (Å²) >= 11 is 0. The first-order valence-electron chi connectivity index (χ1n) is 11.3. The van der Waals surface area contributed by atoms with Crippen molar-refractivity contribution in [3.8, 4) is 11.3 Å². The number of carbonyl (C=O) groups is 1. The van der Waals surface area contributed by atoms with Crippen LogP contribution < -0.4 is 5.56 Å². The van der Waals surface area contributed by atoms with Gasteiger partial charge >= 0.3 is 5.97 Å². The van der Waals surface area contributed by atoms with Gasteiger partial charge in [0.25, 0.3) is 5.56 Å². The highest BCUT2D eigenvalue weighted by Gasteiger charge is 2.50. The zero-order chi connectivity index (χ0) is 22.7. The summed E-state index contributed by atoms with van der Waals surface area (Å²) in [5, 5.41) is 15.5. The Bertz CT molecular complexity index is 1510. The predicted molar refractivity (Wildman–Crippen MR) is 124 cm³/mol. The highest BCUT2D eigenvalue weighted by Crippen LogP contribution is 2.52. The van der Waals surface area contributed by atoms with Crippen molar-refractivity contribution in [2.45, 2.75) is 25.7 Å². The van der Waals surface area contributed by atoms with E-state index in [1.165, 1.54) is 5.56 Å². The number of aliphatic carboxylic acids is 1. The summed E-state index contributed by atoms with van der Waals surface area (Å²) < 4.78 is 1.61. The number of aryl methyl sites for hydroxylation is 1. The van der Waals surface area contributed by atoms with Crippen LogP contribution in [0.25, 0.3) is 27.8 Å². The van der Waals surface area contributed by atoms with Crippen molar-refractivity contribution < 1.29 is 9.90 Å². The molecule has 33 heavy (non-hydrogen) atoms.